The van der Waals surface area contributed by atoms with E-state index in [0.29, 0.717) is 13.0 Å². The summed E-state index contributed by atoms with van der Waals surface area (Å²) in [5.74, 6) is 0. The van der Waals surface area contributed by atoms with E-state index in [1.165, 1.54) is 0 Å². The van der Waals surface area contributed by atoms with E-state index in [2.05, 4.69) is 5.10 Å². The third-order valence-corrected chi connectivity index (χ3v) is 5.72. The number of carbonyl (C=O) groups excluding carboxylic acids is 2. The molecule has 1 fully saturated rings. The van der Waals surface area contributed by atoms with Crippen molar-refractivity contribution >= 4 is 24.9 Å². The molecule has 9 nitrogen and oxygen atoms in total. The van der Waals surface area contributed by atoms with E-state index in [4.69, 9.17) is 18.8 Å². The summed E-state index contributed by atoms with van der Waals surface area (Å²) < 4.78 is 25.0. The lowest BCUT2D eigenvalue weighted by molar-refractivity contribution is 0.00116. The Bertz CT molecular complexity index is 810. The van der Waals surface area contributed by atoms with Gasteiger partial charge in [-0.1, -0.05) is 0 Å². The standard InChI is InChI=1S/C24H42BN3O6/c1-21(2,3)31-19(29)27(20(30)32-22(4,5)6)16-12-11-13-17-28-18(14-15-26-28)25-33-23(7,8)24(9,10)34-25/h14-15H,11-13,16-17H2,1-10H3. The number of aromatic nitrogens is 2. The van der Waals surface area contributed by atoms with Crippen LogP contribution in [0.25, 0.3) is 0 Å². The lowest BCUT2D eigenvalue weighted by Gasteiger charge is -2.32. The topological polar surface area (TPSA) is 92.1 Å². The lowest BCUT2D eigenvalue weighted by atomic mass is 9.84. The molecule has 0 spiro atoms. The minimum absolute atomic E-state index is 0.215. The van der Waals surface area contributed by atoms with Gasteiger partial charge in [-0.2, -0.15) is 5.10 Å². The maximum Gasteiger partial charge on any atom is 0.514 e. The maximum atomic E-state index is 12.6. The summed E-state index contributed by atoms with van der Waals surface area (Å²) in [4.78, 5) is 26.2. The monoisotopic (exact) mass is 479 g/mol. The predicted octanol–water partition coefficient (Wildman–Crippen LogP) is 4.52. The second kappa shape index (κ2) is 10.3. The minimum Gasteiger partial charge on any atom is -0.443 e. The molecule has 0 aromatic carbocycles. The van der Waals surface area contributed by atoms with E-state index in [1.54, 1.807) is 47.7 Å². The van der Waals surface area contributed by atoms with Gasteiger partial charge in [-0.05, 0) is 94.6 Å². The number of carbonyl (C=O) groups is 2. The number of imide groups is 1. The molecule has 192 valence electrons. The van der Waals surface area contributed by atoms with Gasteiger partial charge in [0.2, 0.25) is 0 Å². The van der Waals surface area contributed by atoms with Gasteiger partial charge >= 0.3 is 19.3 Å². The normalized spacial score (nSPS) is 17.5. The van der Waals surface area contributed by atoms with Crippen molar-refractivity contribution < 1.29 is 28.4 Å². The van der Waals surface area contributed by atoms with Crippen molar-refractivity contribution in [2.75, 3.05) is 6.54 Å². The summed E-state index contributed by atoms with van der Waals surface area (Å²) in [5, 5.41) is 4.42. The van der Waals surface area contributed by atoms with Crippen molar-refractivity contribution in [2.45, 2.75) is 117 Å². The highest BCUT2D eigenvalue weighted by Gasteiger charge is 2.52. The maximum absolute atomic E-state index is 12.6. The number of ether oxygens (including phenoxy) is 2. The van der Waals surface area contributed by atoms with Gasteiger partial charge in [0.15, 0.2) is 0 Å². The molecule has 0 saturated carbocycles. The van der Waals surface area contributed by atoms with Crippen molar-refractivity contribution in [3.05, 3.63) is 12.3 Å². The Hall–Kier alpha value is -2.07. The molecule has 1 aromatic heterocycles. The molecule has 0 N–H and O–H groups in total. The fraction of sp³-hybridized carbons (Fsp3) is 0.792. The SMILES string of the molecule is CC(C)(C)OC(=O)N(CCCCCn1nccc1B1OC(C)(C)C(C)(C)O1)C(=O)OC(C)(C)C. The van der Waals surface area contributed by atoms with Crippen LogP contribution < -0.4 is 5.59 Å². The zero-order valence-electron chi connectivity index (χ0n) is 22.6. The van der Waals surface area contributed by atoms with Crippen LogP contribution in [-0.4, -0.2) is 62.9 Å². The molecule has 0 radical (unpaired) electrons. The molecular weight excluding hydrogens is 437 g/mol. The number of hydrogen-bond donors (Lipinski definition) is 0. The second-order valence-corrected chi connectivity index (χ2v) is 11.7. The summed E-state index contributed by atoms with van der Waals surface area (Å²) in [6.45, 7) is 19.6. The van der Waals surface area contributed by atoms with E-state index in [-0.39, 0.29) is 6.54 Å². The molecule has 2 amide bonds. The average molecular weight is 479 g/mol. The first-order chi connectivity index (χ1) is 15.4. The number of unbranched alkanes of at least 4 members (excludes halogenated alkanes) is 2. The average Bonchev–Trinajstić information content (AvgIpc) is 3.16. The van der Waals surface area contributed by atoms with E-state index in [9.17, 15) is 9.59 Å². The van der Waals surface area contributed by atoms with Gasteiger partial charge in [-0.3, -0.25) is 4.68 Å². The molecule has 1 aliphatic rings. The molecule has 34 heavy (non-hydrogen) atoms. The van der Waals surface area contributed by atoms with Crippen molar-refractivity contribution in [1.82, 2.24) is 14.7 Å². The molecule has 1 saturated heterocycles. The van der Waals surface area contributed by atoms with Crippen molar-refractivity contribution in [1.29, 1.82) is 0 Å². The molecular formula is C24H42BN3O6. The van der Waals surface area contributed by atoms with Gasteiger partial charge in [0.05, 0.1) is 16.8 Å². The highest BCUT2D eigenvalue weighted by Crippen LogP contribution is 2.36. The first-order valence-corrected chi connectivity index (χ1v) is 12.0. The Morgan fingerprint density at radius 3 is 1.91 bits per heavy atom. The highest BCUT2D eigenvalue weighted by molar-refractivity contribution is 6.61. The Morgan fingerprint density at radius 2 is 1.44 bits per heavy atom. The third kappa shape index (κ3) is 7.73. The molecule has 2 rings (SSSR count). The molecule has 1 aromatic rings. The zero-order valence-corrected chi connectivity index (χ0v) is 22.6. The number of nitrogens with zero attached hydrogens (tertiary/aromatic N) is 3. The molecule has 1 aliphatic heterocycles. The summed E-state index contributed by atoms with van der Waals surface area (Å²) in [6, 6.07) is 1.91. The molecule has 2 heterocycles. The summed E-state index contributed by atoms with van der Waals surface area (Å²) in [6.07, 6.45) is 2.56. The Morgan fingerprint density at radius 1 is 0.941 bits per heavy atom. The number of amides is 2. The number of aryl methyl sites for hydroxylation is 1. The lowest BCUT2D eigenvalue weighted by Crippen LogP contribution is -2.44. The van der Waals surface area contributed by atoms with Gasteiger partial charge < -0.3 is 18.8 Å². The van der Waals surface area contributed by atoms with Crippen LogP contribution in [0.2, 0.25) is 0 Å². The van der Waals surface area contributed by atoms with E-state index in [0.717, 1.165) is 23.3 Å². The fourth-order valence-corrected chi connectivity index (χ4v) is 3.29. The van der Waals surface area contributed by atoms with E-state index >= 15 is 0 Å². The fourth-order valence-electron chi connectivity index (χ4n) is 3.29. The van der Waals surface area contributed by atoms with Crippen LogP contribution in [0.5, 0.6) is 0 Å². The van der Waals surface area contributed by atoms with Crippen LogP contribution in [0.15, 0.2) is 12.3 Å². The van der Waals surface area contributed by atoms with Gasteiger partial charge in [0.25, 0.3) is 0 Å². The molecule has 0 unspecified atom stereocenters. The van der Waals surface area contributed by atoms with Crippen molar-refractivity contribution in [2.24, 2.45) is 0 Å². The number of hydrogen-bond acceptors (Lipinski definition) is 7. The molecule has 0 aliphatic carbocycles. The van der Waals surface area contributed by atoms with Crippen LogP contribution in [0.4, 0.5) is 9.59 Å². The first-order valence-electron chi connectivity index (χ1n) is 12.0. The zero-order chi connectivity index (χ0) is 25.9. The van der Waals surface area contributed by atoms with Gasteiger partial charge in [0.1, 0.15) is 11.2 Å². The Kier molecular flexibility index (Phi) is 8.52. The Labute approximate surface area is 204 Å². The molecule has 10 heteroatoms. The summed E-state index contributed by atoms with van der Waals surface area (Å²) in [5.41, 5.74) is -1.37. The van der Waals surface area contributed by atoms with Crippen LogP contribution in [0.1, 0.15) is 88.5 Å². The Balaban J connectivity index is 1.92. The minimum atomic E-state index is -0.707. The van der Waals surface area contributed by atoms with Crippen LogP contribution in [0, 0.1) is 0 Å². The molecule has 0 bridgehead atoms. The summed E-state index contributed by atoms with van der Waals surface area (Å²) in [7, 11) is -0.470. The van der Waals surface area contributed by atoms with E-state index in [1.807, 2.05) is 38.4 Å². The van der Waals surface area contributed by atoms with Crippen molar-refractivity contribution in [3.63, 3.8) is 0 Å². The van der Waals surface area contributed by atoms with Gasteiger partial charge in [-0.25, -0.2) is 14.5 Å². The number of rotatable bonds is 7. The first kappa shape index (κ1) is 28.2. The van der Waals surface area contributed by atoms with Crippen LogP contribution in [0.3, 0.4) is 0 Å². The van der Waals surface area contributed by atoms with Crippen LogP contribution >= 0.6 is 0 Å². The van der Waals surface area contributed by atoms with Crippen LogP contribution in [-0.2, 0) is 25.3 Å². The smallest absolute Gasteiger partial charge is 0.443 e. The van der Waals surface area contributed by atoms with E-state index < -0.39 is 41.7 Å². The largest absolute Gasteiger partial charge is 0.514 e. The van der Waals surface area contributed by atoms with Gasteiger partial charge in [0, 0.05) is 19.3 Å². The van der Waals surface area contributed by atoms with Gasteiger partial charge in [-0.15, -0.1) is 0 Å². The molecule has 0 atom stereocenters. The second-order valence-electron chi connectivity index (χ2n) is 11.7. The summed E-state index contributed by atoms with van der Waals surface area (Å²) >= 11 is 0. The third-order valence-electron chi connectivity index (χ3n) is 5.72. The quantitative estimate of drug-likeness (QED) is 0.419. The van der Waals surface area contributed by atoms with Crippen molar-refractivity contribution in [3.8, 4) is 0 Å². The predicted molar refractivity (Wildman–Crippen MR) is 131 cm³/mol. The highest BCUT2D eigenvalue weighted by atomic mass is 16.7.